The zero-order chi connectivity index (χ0) is 31.5. The molecule has 0 saturated heterocycles. The molecule has 4 rings (SSSR count). The molecule has 2 aromatic heterocycles. The molecule has 3 aromatic rings. The summed E-state index contributed by atoms with van der Waals surface area (Å²) in [6.07, 6.45) is 0.501. The van der Waals surface area contributed by atoms with Crippen molar-refractivity contribution in [1.82, 2.24) is 9.97 Å². The number of aromatic carboxylic acids is 1. The molecule has 8 nitrogen and oxygen atoms in total. The number of anilines is 2. The van der Waals surface area contributed by atoms with Crippen LogP contribution in [0.15, 0.2) is 42.7 Å². The first-order valence-electron chi connectivity index (χ1n) is 13.7. The van der Waals surface area contributed by atoms with Gasteiger partial charge in [-0.05, 0) is 69.2 Å². The van der Waals surface area contributed by atoms with Gasteiger partial charge in [0.1, 0.15) is 11.4 Å². The van der Waals surface area contributed by atoms with E-state index >= 15 is 4.39 Å². The number of benzene rings is 1. The number of alkyl halides is 3. The summed E-state index contributed by atoms with van der Waals surface area (Å²) < 4.78 is 62.7. The Morgan fingerprint density at radius 2 is 1.81 bits per heavy atom. The Bertz CT molecular complexity index is 1480. The van der Waals surface area contributed by atoms with E-state index in [2.05, 4.69) is 22.2 Å². The second-order valence-corrected chi connectivity index (χ2v) is 11.3. The Kier molecular flexibility index (Phi) is 9.79. The van der Waals surface area contributed by atoms with Gasteiger partial charge in [0.05, 0.1) is 16.3 Å². The van der Waals surface area contributed by atoms with E-state index in [-0.39, 0.29) is 29.6 Å². The highest BCUT2D eigenvalue weighted by atomic mass is 35.5. The normalized spacial score (nSPS) is 17.0. The number of hydrogen-bond acceptors (Lipinski definition) is 6. The summed E-state index contributed by atoms with van der Waals surface area (Å²) in [4.78, 5) is 34.8. The molecule has 230 valence electrons. The minimum absolute atomic E-state index is 0.0732. The molecule has 13 heteroatoms. The summed E-state index contributed by atoms with van der Waals surface area (Å²) in [7, 11) is 0. The fourth-order valence-corrected chi connectivity index (χ4v) is 5.11. The maximum absolute atomic E-state index is 15.4. The molecule has 0 spiro atoms. The number of aromatic nitrogens is 2. The van der Waals surface area contributed by atoms with E-state index in [0.717, 1.165) is 37.2 Å². The first-order chi connectivity index (χ1) is 20.2. The smallest absolute Gasteiger partial charge is 0.421 e. The zero-order valence-corrected chi connectivity index (χ0v) is 24.5. The van der Waals surface area contributed by atoms with Gasteiger partial charge in [-0.2, -0.15) is 13.2 Å². The van der Waals surface area contributed by atoms with Gasteiger partial charge in [0.15, 0.2) is 11.6 Å². The van der Waals surface area contributed by atoms with E-state index in [0.29, 0.717) is 29.6 Å². The maximum atomic E-state index is 15.4. The highest BCUT2D eigenvalue weighted by Crippen LogP contribution is 2.40. The summed E-state index contributed by atoms with van der Waals surface area (Å²) >= 11 is 5.79. The van der Waals surface area contributed by atoms with Crippen LogP contribution in [-0.2, 0) is 17.5 Å². The van der Waals surface area contributed by atoms with E-state index < -0.39 is 46.8 Å². The molecule has 1 aromatic carbocycles. The number of carbonyl (C=O) groups excluding carboxylic acids is 1. The van der Waals surface area contributed by atoms with Crippen molar-refractivity contribution in [1.29, 1.82) is 0 Å². The predicted molar refractivity (Wildman–Crippen MR) is 153 cm³/mol. The van der Waals surface area contributed by atoms with Crippen molar-refractivity contribution >= 4 is 35.0 Å². The van der Waals surface area contributed by atoms with E-state index in [1.54, 1.807) is 26.0 Å². The van der Waals surface area contributed by atoms with E-state index in [4.69, 9.17) is 16.3 Å². The number of ether oxygens (including phenoxy) is 1. The van der Waals surface area contributed by atoms with Crippen LogP contribution in [0.3, 0.4) is 0 Å². The molecule has 1 amide bonds. The molecule has 0 aliphatic heterocycles. The van der Waals surface area contributed by atoms with Gasteiger partial charge in [-0.1, -0.05) is 18.5 Å². The standard InChI is InChI=1S/C30H31ClF4N4O4/c1-16(2)39(28(40)19-6-4-17(3)5-7-19)24-12-23(32)25(11-21(24)29(41)42)43-27-22(30(33,34)35)10-18(14-38-27)13-36-26-9-8-20(31)15-37-26/h8-12,14-17,19H,4-7,13H2,1-3H3,(H,36,37)(H,41,42). The summed E-state index contributed by atoms with van der Waals surface area (Å²) in [5.74, 6) is -4.22. The van der Waals surface area contributed by atoms with Gasteiger partial charge in [0, 0.05) is 43.0 Å². The van der Waals surface area contributed by atoms with Gasteiger partial charge in [0.2, 0.25) is 11.8 Å². The highest BCUT2D eigenvalue weighted by molar-refractivity contribution is 6.30. The zero-order valence-electron chi connectivity index (χ0n) is 23.7. The van der Waals surface area contributed by atoms with Gasteiger partial charge in [-0.3, -0.25) is 4.79 Å². The number of rotatable bonds is 9. The number of halogens is 5. The highest BCUT2D eigenvalue weighted by Gasteiger charge is 2.37. The third-order valence-corrected chi connectivity index (χ3v) is 7.50. The summed E-state index contributed by atoms with van der Waals surface area (Å²) in [6, 6.07) is 4.98. The molecule has 2 heterocycles. The van der Waals surface area contributed by atoms with Crippen molar-refractivity contribution in [2.75, 3.05) is 10.2 Å². The Hall–Kier alpha value is -3.93. The fraction of sp³-hybridized carbons (Fsp3) is 0.400. The van der Waals surface area contributed by atoms with Crippen LogP contribution in [0.5, 0.6) is 11.6 Å². The van der Waals surface area contributed by atoms with Crippen molar-refractivity contribution in [3.05, 3.63) is 70.3 Å². The van der Waals surface area contributed by atoms with Crippen LogP contribution in [-0.4, -0.2) is 33.0 Å². The van der Waals surface area contributed by atoms with E-state index in [9.17, 15) is 27.9 Å². The summed E-state index contributed by atoms with van der Waals surface area (Å²) in [5.41, 5.74) is -1.85. The number of amides is 1. The van der Waals surface area contributed by atoms with Crippen LogP contribution in [0.4, 0.5) is 29.1 Å². The van der Waals surface area contributed by atoms with Gasteiger partial charge in [-0.15, -0.1) is 0 Å². The quantitative estimate of drug-likeness (QED) is 0.233. The lowest BCUT2D eigenvalue weighted by Gasteiger charge is -2.34. The number of carboxylic acids is 1. The molecule has 1 fully saturated rings. The molecule has 1 aliphatic rings. The van der Waals surface area contributed by atoms with Crippen LogP contribution >= 0.6 is 11.6 Å². The van der Waals surface area contributed by atoms with Crippen molar-refractivity contribution in [2.24, 2.45) is 11.8 Å². The molecule has 0 bridgehead atoms. The van der Waals surface area contributed by atoms with Gasteiger partial charge in [-0.25, -0.2) is 19.2 Å². The average molecular weight is 623 g/mol. The molecule has 1 aliphatic carbocycles. The van der Waals surface area contributed by atoms with Crippen LogP contribution in [0.1, 0.15) is 67.9 Å². The first-order valence-corrected chi connectivity index (χ1v) is 14.1. The Labute approximate surface area is 251 Å². The number of pyridine rings is 2. The lowest BCUT2D eigenvalue weighted by Crippen LogP contribution is -2.43. The Morgan fingerprint density at radius 1 is 1.12 bits per heavy atom. The van der Waals surface area contributed by atoms with Gasteiger partial charge in [0.25, 0.3) is 0 Å². The molecular weight excluding hydrogens is 592 g/mol. The van der Waals surface area contributed by atoms with Crippen molar-refractivity contribution in [3.8, 4) is 11.6 Å². The van der Waals surface area contributed by atoms with Crippen molar-refractivity contribution in [2.45, 2.75) is 65.2 Å². The SMILES string of the molecule is CC1CCC(C(=O)N(c2cc(F)c(Oc3ncc(CNc4ccc(Cl)cn4)cc3C(F)(F)F)cc2C(=O)O)C(C)C)CC1. The molecular formula is C30H31ClF4N4O4. The van der Waals surface area contributed by atoms with Crippen LogP contribution in [0.2, 0.25) is 5.02 Å². The topological polar surface area (TPSA) is 105 Å². The maximum Gasteiger partial charge on any atom is 0.421 e. The first kappa shape index (κ1) is 32.0. The molecule has 0 atom stereocenters. The van der Waals surface area contributed by atoms with Crippen molar-refractivity contribution < 1.29 is 37.0 Å². The second-order valence-electron chi connectivity index (χ2n) is 10.9. The molecule has 0 unspecified atom stereocenters. The van der Waals surface area contributed by atoms with E-state index in [1.165, 1.54) is 11.1 Å². The minimum Gasteiger partial charge on any atom is -0.478 e. The molecule has 1 saturated carbocycles. The third kappa shape index (κ3) is 7.73. The monoisotopic (exact) mass is 622 g/mol. The third-order valence-electron chi connectivity index (χ3n) is 7.28. The number of carbonyl (C=O) groups is 2. The van der Waals surface area contributed by atoms with Gasteiger partial charge >= 0.3 is 12.1 Å². The number of nitrogens with one attached hydrogen (secondary N) is 1. The second kappa shape index (κ2) is 13.2. The predicted octanol–water partition coefficient (Wildman–Crippen LogP) is 7.96. The Morgan fingerprint density at radius 3 is 2.40 bits per heavy atom. The van der Waals surface area contributed by atoms with Crippen molar-refractivity contribution in [3.63, 3.8) is 0 Å². The summed E-state index contributed by atoms with van der Waals surface area (Å²) in [6.45, 7) is 5.38. The van der Waals surface area contributed by atoms with Crippen LogP contribution < -0.4 is 15.0 Å². The largest absolute Gasteiger partial charge is 0.478 e. The number of hydrogen-bond donors (Lipinski definition) is 2. The number of carboxylic acid groups (broad SMARTS) is 1. The van der Waals surface area contributed by atoms with E-state index in [1.807, 2.05) is 0 Å². The lowest BCUT2D eigenvalue weighted by atomic mass is 9.82. The lowest BCUT2D eigenvalue weighted by molar-refractivity contribution is -0.139. The van der Waals surface area contributed by atoms with Gasteiger partial charge < -0.3 is 20.1 Å². The summed E-state index contributed by atoms with van der Waals surface area (Å²) in [5, 5.41) is 13.2. The van der Waals surface area contributed by atoms with Crippen LogP contribution in [0, 0.1) is 17.7 Å². The number of nitrogens with zero attached hydrogens (tertiary/aromatic N) is 3. The fourth-order valence-electron chi connectivity index (χ4n) is 5.00. The molecule has 2 N–H and O–H groups in total. The Balaban J connectivity index is 1.65. The minimum atomic E-state index is -4.93. The molecule has 0 radical (unpaired) electrons. The molecule has 43 heavy (non-hydrogen) atoms. The van der Waals surface area contributed by atoms with Crippen LogP contribution in [0.25, 0.3) is 0 Å². The average Bonchev–Trinajstić information content (AvgIpc) is 2.94.